The standard InChI is InChI=1S/C71H117NO18/c1-3-5-7-9-11-13-15-17-19-21-22-23-24-25-26-27-28-29-30-31-32-33-35-37-39-41-43-45-47-49-59(77)72-54(55(76)48-46-44-42-40-38-36-34-20-18-16-14-12-10-8-6-4-2)53-85-69-65(83)62(80)67(57(51-74)87-69)90-71-66(84)63(81)68(58(52-75)88-71)89-70-64(82)61(79)60(78)56(50-73)86-70/h5,7,11,13,17,19,22-23,25-26,28-29,31-32,35,37-38,40,46,48,54-58,60-71,73-76,78-84H,3-4,6,8-10,12,14-16,18,20-21,24,27,30,33-34,36,39,41-45,47,49-53H2,1-2H3,(H,72,77)/b7-5-,13-11-,19-17-,23-22-,26-25-,29-28-,32-31-,37-35-,40-38+,48-46+. The normalized spacial score (nSPS) is 28.8. The molecule has 90 heavy (non-hydrogen) atoms. The van der Waals surface area contributed by atoms with Gasteiger partial charge >= 0.3 is 0 Å². The van der Waals surface area contributed by atoms with Crippen molar-refractivity contribution in [2.24, 2.45) is 0 Å². The highest BCUT2D eigenvalue weighted by molar-refractivity contribution is 5.76. The largest absolute Gasteiger partial charge is 0.394 e. The van der Waals surface area contributed by atoms with E-state index in [2.05, 4.69) is 129 Å². The first-order valence-electron chi connectivity index (χ1n) is 33.8. The molecule has 0 radical (unpaired) electrons. The van der Waals surface area contributed by atoms with Gasteiger partial charge in [-0.25, -0.2) is 0 Å². The molecule has 1 amide bonds. The summed E-state index contributed by atoms with van der Waals surface area (Å²) in [5, 5.41) is 120. The highest BCUT2D eigenvalue weighted by Crippen LogP contribution is 2.33. The van der Waals surface area contributed by atoms with Crippen LogP contribution >= 0.6 is 0 Å². The monoisotopic (exact) mass is 1270 g/mol. The van der Waals surface area contributed by atoms with Gasteiger partial charge < -0.3 is 89.9 Å². The Balaban J connectivity index is 1.46. The SMILES string of the molecule is CC/C=C\C/C=C\C/C=C\C/C=C\C/C=C\C/C=C\C/C=C\C/C=C\CCCCCCC(=O)NC(COC1OC(CO)C(OC2OC(CO)C(OC3OC(CO)C(O)C(O)C3O)C(O)C2O)C(O)C1O)C(O)/C=C/CC/C=C/CCCCCCCCCCCC. The van der Waals surface area contributed by atoms with Crippen LogP contribution in [0.3, 0.4) is 0 Å². The van der Waals surface area contributed by atoms with Crippen molar-refractivity contribution < 1.29 is 89.4 Å². The van der Waals surface area contributed by atoms with Gasteiger partial charge in [-0.15, -0.1) is 0 Å². The van der Waals surface area contributed by atoms with Gasteiger partial charge in [0.1, 0.15) is 73.2 Å². The van der Waals surface area contributed by atoms with E-state index in [1.165, 1.54) is 57.8 Å². The van der Waals surface area contributed by atoms with Gasteiger partial charge in [-0.05, 0) is 96.3 Å². The molecule has 12 N–H and O–H groups in total. The van der Waals surface area contributed by atoms with Gasteiger partial charge in [0.25, 0.3) is 0 Å². The van der Waals surface area contributed by atoms with Crippen LogP contribution in [0.1, 0.15) is 187 Å². The van der Waals surface area contributed by atoms with Gasteiger partial charge in [0.2, 0.25) is 5.91 Å². The molecule has 0 bridgehead atoms. The van der Waals surface area contributed by atoms with Crippen molar-refractivity contribution in [3.8, 4) is 0 Å². The van der Waals surface area contributed by atoms with E-state index in [0.29, 0.717) is 12.8 Å². The average molecular weight is 1270 g/mol. The minimum atomic E-state index is -1.99. The molecule has 0 spiro atoms. The van der Waals surface area contributed by atoms with Crippen LogP contribution in [-0.2, 0) is 33.2 Å². The summed E-state index contributed by atoms with van der Waals surface area (Å²) in [5.74, 6) is -0.316. The Kier molecular flexibility index (Phi) is 46.1. The van der Waals surface area contributed by atoms with E-state index < -0.39 is 124 Å². The number of ether oxygens (including phenoxy) is 6. The van der Waals surface area contributed by atoms with E-state index in [4.69, 9.17) is 28.4 Å². The van der Waals surface area contributed by atoms with Crippen LogP contribution in [0.25, 0.3) is 0 Å². The molecular formula is C71H117NO18. The molecule has 0 aromatic carbocycles. The Morgan fingerprint density at radius 3 is 1.24 bits per heavy atom. The predicted octanol–water partition coefficient (Wildman–Crippen LogP) is 8.43. The van der Waals surface area contributed by atoms with Gasteiger partial charge in [0.15, 0.2) is 18.9 Å². The van der Waals surface area contributed by atoms with Gasteiger partial charge in [-0.1, -0.05) is 206 Å². The summed E-state index contributed by atoms with van der Waals surface area (Å²) >= 11 is 0. The number of aliphatic hydroxyl groups is 11. The minimum absolute atomic E-state index is 0.197. The third kappa shape index (κ3) is 33.3. The van der Waals surface area contributed by atoms with E-state index in [-0.39, 0.29) is 18.9 Å². The van der Waals surface area contributed by atoms with Crippen molar-refractivity contribution in [3.05, 3.63) is 122 Å². The van der Waals surface area contributed by atoms with Crippen molar-refractivity contribution in [3.63, 3.8) is 0 Å². The van der Waals surface area contributed by atoms with E-state index >= 15 is 0 Å². The minimum Gasteiger partial charge on any atom is -0.394 e. The van der Waals surface area contributed by atoms with Crippen molar-refractivity contribution in [1.29, 1.82) is 0 Å². The Morgan fingerprint density at radius 1 is 0.411 bits per heavy atom. The fourth-order valence-corrected chi connectivity index (χ4v) is 10.5. The van der Waals surface area contributed by atoms with E-state index in [1.807, 2.05) is 6.08 Å². The Bertz CT molecular complexity index is 2100. The summed E-state index contributed by atoms with van der Waals surface area (Å²) in [6.45, 7) is 1.55. The second kappa shape index (κ2) is 51.6. The summed E-state index contributed by atoms with van der Waals surface area (Å²) in [7, 11) is 0. The molecule has 0 aromatic rings. The molecular weight excluding hydrogens is 1150 g/mol. The zero-order chi connectivity index (χ0) is 65.4. The molecule has 3 aliphatic rings. The molecule has 514 valence electrons. The van der Waals surface area contributed by atoms with Crippen LogP contribution in [0.4, 0.5) is 0 Å². The number of carbonyl (C=O) groups excluding carboxylic acids is 1. The predicted molar refractivity (Wildman–Crippen MR) is 350 cm³/mol. The highest BCUT2D eigenvalue weighted by atomic mass is 16.8. The molecule has 3 fully saturated rings. The first-order chi connectivity index (χ1) is 43.8. The zero-order valence-electron chi connectivity index (χ0n) is 54.1. The smallest absolute Gasteiger partial charge is 0.220 e. The van der Waals surface area contributed by atoms with Gasteiger partial charge in [-0.2, -0.15) is 0 Å². The number of amides is 1. The Hall–Kier alpha value is -3.81. The van der Waals surface area contributed by atoms with Crippen LogP contribution in [0.15, 0.2) is 122 Å². The van der Waals surface area contributed by atoms with Gasteiger partial charge in [0.05, 0.1) is 38.6 Å². The fourth-order valence-electron chi connectivity index (χ4n) is 10.5. The number of aliphatic hydroxyl groups excluding tert-OH is 11. The lowest BCUT2D eigenvalue weighted by atomic mass is 9.96. The zero-order valence-corrected chi connectivity index (χ0v) is 54.1. The summed E-state index contributed by atoms with van der Waals surface area (Å²) in [4.78, 5) is 13.4. The topological polar surface area (TPSA) is 307 Å². The third-order valence-corrected chi connectivity index (χ3v) is 16.0. The molecule has 0 saturated carbocycles. The number of unbranched alkanes of at least 4 members (excludes halogenated alkanes) is 15. The van der Waals surface area contributed by atoms with Crippen molar-refractivity contribution in [2.45, 2.75) is 291 Å². The molecule has 3 heterocycles. The first-order valence-corrected chi connectivity index (χ1v) is 33.8. The van der Waals surface area contributed by atoms with Crippen LogP contribution in [-0.4, -0.2) is 193 Å². The second-order valence-corrected chi connectivity index (χ2v) is 23.5. The maximum absolute atomic E-state index is 13.4. The molecule has 3 saturated heterocycles. The van der Waals surface area contributed by atoms with Gasteiger partial charge in [0, 0.05) is 6.42 Å². The number of nitrogens with one attached hydrogen (secondary N) is 1. The summed E-state index contributed by atoms with van der Waals surface area (Å²) in [5.41, 5.74) is 0. The van der Waals surface area contributed by atoms with Crippen molar-refractivity contribution in [2.75, 3.05) is 26.4 Å². The van der Waals surface area contributed by atoms with E-state index in [9.17, 15) is 61.0 Å². The lowest BCUT2D eigenvalue weighted by Gasteiger charge is -2.48. The van der Waals surface area contributed by atoms with E-state index in [0.717, 1.165) is 96.3 Å². The molecule has 19 heteroatoms. The summed E-state index contributed by atoms with van der Waals surface area (Å²) in [6, 6.07) is -1.01. The Morgan fingerprint density at radius 2 is 0.778 bits per heavy atom. The Labute approximate surface area is 538 Å². The number of hydrogen-bond donors (Lipinski definition) is 12. The van der Waals surface area contributed by atoms with Crippen LogP contribution in [0, 0.1) is 0 Å². The van der Waals surface area contributed by atoms with Gasteiger partial charge in [-0.3, -0.25) is 4.79 Å². The quantitative estimate of drug-likeness (QED) is 0.0201. The maximum Gasteiger partial charge on any atom is 0.220 e. The molecule has 0 aliphatic carbocycles. The first kappa shape index (κ1) is 80.4. The van der Waals surface area contributed by atoms with Crippen LogP contribution in [0.5, 0.6) is 0 Å². The third-order valence-electron chi connectivity index (χ3n) is 16.0. The molecule has 17 atom stereocenters. The molecule has 3 rings (SSSR count). The highest BCUT2D eigenvalue weighted by Gasteiger charge is 2.53. The number of carbonyl (C=O) groups is 1. The lowest BCUT2D eigenvalue weighted by Crippen LogP contribution is -2.66. The summed E-state index contributed by atoms with van der Waals surface area (Å²) < 4.78 is 34.3. The molecule has 19 nitrogen and oxygen atoms in total. The van der Waals surface area contributed by atoms with Crippen LogP contribution in [0.2, 0.25) is 0 Å². The van der Waals surface area contributed by atoms with Crippen molar-refractivity contribution in [1.82, 2.24) is 5.32 Å². The lowest BCUT2D eigenvalue weighted by molar-refractivity contribution is -0.379. The maximum atomic E-state index is 13.4. The molecule has 17 unspecified atom stereocenters. The number of hydrogen-bond acceptors (Lipinski definition) is 18. The number of rotatable bonds is 49. The van der Waals surface area contributed by atoms with Crippen molar-refractivity contribution >= 4 is 5.91 Å². The van der Waals surface area contributed by atoms with Crippen LogP contribution < -0.4 is 5.32 Å². The molecule has 0 aromatic heterocycles. The fraction of sp³-hybridized carbons (Fsp3) is 0.704. The van der Waals surface area contributed by atoms with E-state index in [1.54, 1.807) is 6.08 Å². The summed E-state index contributed by atoms with van der Waals surface area (Å²) in [6.07, 6.45) is 43.1. The number of allylic oxidation sites excluding steroid dienone is 19. The second-order valence-electron chi connectivity index (χ2n) is 23.5. The average Bonchev–Trinajstić information content (AvgIpc) is 1.05. The molecule has 3 aliphatic heterocycles.